The van der Waals surface area contributed by atoms with E-state index in [0.717, 1.165) is 11.3 Å². The first kappa shape index (κ1) is 15.3. The zero-order chi connectivity index (χ0) is 16.4. The Bertz CT molecular complexity index is 768. The number of methoxy groups -OCH3 is 1. The van der Waals surface area contributed by atoms with Crippen LogP contribution in [-0.2, 0) is 4.74 Å². The highest BCUT2D eigenvalue weighted by molar-refractivity contribution is 6.33. The van der Waals surface area contributed by atoms with Crippen molar-refractivity contribution >= 4 is 34.8 Å². The molecule has 0 saturated heterocycles. The summed E-state index contributed by atoms with van der Waals surface area (Å²) in [7, 11) is 1.27. The first-order valence-electron chi connectivity index (χ1n) is 6.84. The summed E-state index contributed by atoms with van der Waals surface area (Å²) in [6.45, 7) is 3.18. The molecule has 2 aromatic rings. The lowest BCUT2D eigenvalue weighted by Crippen LogP contribution is -2.20. The van der Waals surface area contributed by atoms with Crippen molar-refractivity contribution in [2.45, 2.75) is 6.92 Å². The van der Waals surface area contributed by atoms with Gasteiger partial charge in [-0.25, -0.2) is 19.7 Å². The quantitative estimate of drug-likeness (QED) is 0.650. The summed E-state index contributed by atoms with van der Waals surface area (Å²) in [5.74, 6) is 0.176. The molecule has 2 N–H and O–H groups in total. The highest BCUT2D eigenvalue weighted by Gasteiger charge is 2.21. The van der Waals surface area contributed by atoms with Gasteiger partial charge in [0, 0.05) is 12.1 Å². The number of aromatic nitrogens is 3. The third kappa shape index (κ3) is 2.85. The molecule has 0 radical (unpaired) electrons. The highest BCUT2D eigenvalue weighted by atomic mass is 35.5. The molecule has 0 atom stereocenters. The highest BCUT2D eigenvalue weighted by Crippen LogP contribution is 2.34. The Hall–Kier alpha value is -2.61. The van der Waals surface area contributed by atoms with Crippen LogP contribution in [0.15, 0.2) is 12.5 Å². The predicted molar refractivity (Wildman–Crippen MR) is 84.6 cm³/mol. The van der Waals surface area contributed by atoms with Crippen molar-refractivity contribution < 1.29 is 14.3 Å². The molecule has 0 unspecified atom stereocenters. The van der Waals surface area contributed by atoms with Crippen molar-refractivity contribution in [3.8, 4) is 5.88 Å². The van der Waals surface area contributed by atoms with Crippen molar-refractivity contribution in [1.29, 1.82) is 0 Å². The van der Waals surface area contributed by atoms with Crippen LogP contribution in [0.2, 0.25) is 5.15 Å². The molecule has 120 valence electrons. The number of ether oxygens (including phenoxy) is 2. The summed E-state index contributed by atoms with van der Waals surface area (Å²) in [5, 5.41) is 6.30. The van der Waals surface area contributed by atoms with E-state index in [1.807, 2.05) is 6.92 Å². The first-order chi connectivity index (χ1) is 11.1. The molecule has 0 aromatic carbocycles. The van der Waals surface area contributed by atoms with Crippen LogP contribution in [0.1, 0.15) is 15.9 Å². The third-order valence-electron chi connectivity index (χ3n) is 3.39. The van der Waals surface area contributed by atoms with Gasteiger partial charge < -0.3 is 20.1 Å². The Balaban J connectivity index is 2.00. The smallest absolute Gasteiger partial charge is 0.344 e. The minimum absolute atomic E-state index is 0.0133. The zero-order valence-corrected chi connectivity index (χ0v) is 13.3. The molecule has 3 rings (SSSR count). The Morgan fingerprint density at radius 3 is 3.04 bits per heavy atom. The molecular weight excluding hydrogens is 322 g/mol. The second kappa shape index (κ2) is 6.25. The number of halogens is 1. The zero-order valence-electron chi connectivity index (χ0n) is 12.5. The number of hydrogen-bond donors (Lipinski definition) is 2. The van der Waals surface area contributed by atoms with Crippen LogP contribution in [0.3, 0.4) is 0 Å². The number of carbonyl (C=O) groups is 1. The molecule has 0 aliphatic carbocycles. The lowest BCUT2D eigenvalue weighted by Gasteiger charge is -2.22. The molecule has 0 saturated carbocycles. The van der Waals surface area contributed by atoms with Gasteiger partial charge in [0.15, 0.2) is 0 Å². The van der Waals surface area contributed by atoms with E-state index in [1.165, 1.54) is 13.4 Å². The first-order valence-corrected chi connectivity index (χ1v) is 7.21. The minimum atomic E-state index is -0.622. The molecule has 0 fully saturated rings. The molecule has 0 bridgehead atoms. The van der Waals surface area contributed by atoms with Crippen LogP contribution in [0, 0.1) is 6.92 Å². The van der Waals surface area contributed by atoms with Crippen LogP contribution in [0.5, 0.6) is 5.88 Å². The molecule has 1 aliphatic rings. The second-order valence-corrected chi connectivity index (χ2v) is 5.11. The van der Waals surface area contributed by atoms with E-state index in [-0.39, 0.29) is 16.5 Å². The lowest BCUT2D eigenvalue weighted by atomic mass is 10.2. The van der Waals surface area contributed by atoms with Gasteiger partial charge in [-0.15, -0.1) is 0 Å². The Labute approximate surface area is 137 Å². The molecule has 0 amide bonds. The fraction of sp³-hybridized carbons (Fsp3) is 0.286. The number of esters is 1. The van der Waals surface area contributed by atoms with Crippen LogP contribution in [-0.4, -0.2) is 41.2 Å². The van der Waals surface area contributed by atoms with E-state index in [9.17, 15) is 4.79 Å². The number of hydrogen-bond acceptors (Lipinski definition) is 8. The van der Waals surface area contributed by atoms with E-state index in [1.54, 1.807) is 6.20 Å². The van der Waals surface area contributed by atoms with Gasteiger partial charge in [0.05, 0.1) is 19.0 Å². The lowest BCUT2D eigenvalue weighted by molar-refractivity contribution is 0.0601. The number of nitrogens with zero attached hydrogens (tertiary/aromatic N) is 3. The second-order valence-electron chi connectivity index (χ2n) is 4.76. The topological polar surface area (TPSA) is 98.3 Å². The summed E-state index contributed by atoms with van der Waals surface area (Å²) in [5.41, 5.74) is 2.43. The third-order valence-corrected chi connectivity index (χ3v) is 3.68. The van der Waals surface area contributed by atoms with Gasteiger partial charge in [-0.3, -0.25) is 0 Å². The van der Waals surface area contributed by atoms with Crippen LogP contribution in [0.4, 0.5) is 17.2 Å². The summed E-state index contributed by atoms with van der Waals surface area (Å²) >= 11 is 5.98. The van der Waals surface area contributed by atoms with Crippen LogP contribution in [0.25, 0.3) is 0 Å². The maximum atomic E-state index is 11.9. The van der Waals surface area contributed by atoms with Crippen LogP contribution < -0.4 is 15.4 Å². The maximum absolute atomic E-state index is 11.9. The number of pyridine rings is 1. The van der Waals surface area contributed by atoms with Gasteiger partial charge in [0.2, 0.25) is 5.88 Å². The molecule has 0 spiro atoms. The number of fused-ring (bicyclic) bond motifs is 1. The Morgan fingerprint density at radius 2 is 2.26 bits per heavy atom. The van der Waals surface area contributed by atoms with Crippen molar-refractivity contribution in [1.82, 2.24) is 15.0 Å². The van der Waals surface area contributed by atoms with Crippen molar-refractivity contribution in [2.75, 3.05) is 30.9 Å². The summed E-state index contributed by atoms with van der Waals surface area (Å²) in [6.07, 6.45) is 2.87. The maximum Gasteiger partial charge on any atom is 0.344 e. The largest absolute Gasteiger partial charge is 0.474 e. The van der Waals surface area contributed by atoms with Gasteiger partial charge in [-0.2, -0.15) is 0 Å². The standard InChI is InChI=1S/C14H14ClN5O3/c1-7-8(5-17-13-10(7)16-3-4-23-13)20-12-9(14(21)22-2)11(15)18-6-19-12/h5-6,16H,3-4H2,1-2H3,(H,18,19,20). The number of anilines is 3. The fourth-order valence-corrected chi connectivity index (χ4v) is 2.43. The number of nitrogens with one attached hydrogen (secondary N) is 2. The average molecular weight is 336 g/mol. The molecule has 1 aliphatic heterocycles. The van der Waals surface area contributed by atoms with Gasteiger partial charge in [-0.1, -0.05) is 11.6 Å². The Kier molecular flexibility index (Phi) is 4.16. The van der Waals surface area contributed by atoms with E-state index in [4.69, 9.17) is 21.1 Å². The van der Waals surface area contributed by atoms with Gasteiger partial charge in [0.25, 0.3) is 0 Å². The molecule has 23 heavy (non-hydrogen) atoms. The number of carbonyl (C=O) groups excluding carboxylic acids is 1. The SMILES string of the molecule is COC(=O)c1c(Cl)ncnc1Nc1cnc2c(c1C)NCCO2. The van der Waals surface area contributed by atoms with E-state index in [2.05, 4.69) is 25.6 Å². The van der Waals surface area contributed by atoms with Crippen molar-refractivity contribution in [3.05, 3.63) is 28.8 Å². The summed E-state index contributed by atoms with van der Waals surface area (Å²) < 4.78 is 10.2. The predicted octanol–water partition coefficient (Wildman–Crippen LogP) is 2.17. The molecule has 3 heterocycles. The van der Waals surface area contributed by atoms with Gasteiger partial charge in [0.1, 0.15) is 35.2 Å². The minimum Gasteiger partial charge on any atom is -0.474 e. The van der Waals surface area contributed by atoms with E-state index >= 15 is 0 Å². The Morgan fingerprint density at radius 1 is 1.43 bits per heavy atom. The molecular formula is C14H14ClN5O3. The molecule has 8 nitrogen and oxygen atoms in total. The van der Waals surface area contributed by atoms with E-state index < -0.39 is 5.97 Å². The van der Waals surface area contributed by atoms with Gasteiger partial charge >= 0.3 is 5.97 Å². The molecule has 9 heteroatoms. The monoisotopic (exact) mass is 335 g/mol. The average Bonchev–Trinajstić information content (AvgIpc) is 2.57. The van der Waals surface area contributed by atoms with Crippen molar-refractivity contribution in [3.63, 3.8) is 0 Å². The summed E-state index contributed by atoms with van der Waals surface area (Å²) in [6, 6.07) is 0. The normalized spacial score (nSPS) is 12.7. The molecule has 2 aromatic heterocycles. The van der Waals surface area contributed by atoms with Gasteiger partial charge in [-0.05, 0) is 6.92 Å². The van der Waals surface area contributed by atoms with Crippen molar-refractivity contribution in [2.24, 2.45) is 0 Å². The van der Waals surface area contributed by atoms with Crippen LogP contribution >= 0.6 is 11.6 Å². The number of rotatable bonds is 3. The fourth-order valence-electron chi connectivity index (χ4n) is 2.22. The summed E-state index contributed by atoms with van der Waals surface area (Å²) in [4.78, 5) is 24.0. The van der Waals surface area contributed by atoms with E-state index in [0.29, 0.717) is 24.7 Å².